The Bertz CT molecular complexity index is 726. The van der Waals surface area contributed by atoms with Gasteiger partial charge in [-0.05, 0) is 23.3 Å². The van der Waals surface area contributed by atoms with Crippen molar-refractivity contribution in [3.05, 3.63) is 52.1 Å². The highest BCUT2D eigenvalue weighted by Gasteiger charge is 2.62. The largest absolute Gasteiger partial charge is 0.528 e. The molecule has 1 aromatic rings. The lowest BCUT2D eigenvalue weighted by Gasteiger charge is -2.45. The molecule has 1 aromatic carbocycles. The number of amides is 1. The van der Waals surface area contributed by atoms with Crippen LogP contribution < -0.4 is 5.73 Å². The number of nitrogens with zero attached hydrogens (tertiary/aromatic N) is 2. The standard InChI is InChI=1S/C15H16N3O5S.ClH/c1-9-6-17-13(19)12(16)14(17)24(8-9)15(20)23-7-10-2-4-11(5-3-10)18(21)22;/h2-5,12,14H,1,6-8,16H2;1H/q+1;/t12?,14-,24?;/m1./s1. The van der Waals surface area contributed by atoms with Gasteiger partial charge >= 0.3 is 5.30 Å². The zero-order valence-electron chi connectivity index (χ0n) is 13.1. The lowest BCUT2D eigenvalue weighted by atomic mass is 10.1. The van der Waals surface area contributed by atoms with Crippen LogP contribution in [-0.4, -0.2) is 44.7 Å². The average Bonchev–Trinajstić information content (AvgIpc) is 2.58. The number of β-lactam (4-membered cyclic amide) rings is 1. The van der Waals surface area contributed by atoms with Gasteiger partial charge in [-0.2, -0.15) is 4.79 Å². The van der Waals surface area contributed by atoms with Crippen LogP contribution in [0, 0.1) is 10.1 Å². The number of carbonyl (C=O) groups is 2. The van der Waals surface area contributed by atoms with Crippen molar-refractivity contribution in [3.63, 3.8) is 0 Å². The van der Waals surface area contributed by atoms with Crippen LogP contribution in [0.5, 0.6) is 0 Å². The van der Waals surface area contributed by atoms with Gasteiger partial charge in [-0.25, -0.2) is 0 Å². The predicted molar refractivity (Wildman–Crippen MR) is 95.4 cm³/mol. The van der Waals surface area contributed by atoms with Gasteiger partial charge in [0.2, 0.25) is 5.37 Å². The quantitative estimate of drug-likeness (QED) is 0.209. The summed E-state index contributed by atoms with van der Waals surface area (Å²) in [5, 5.41) is 9.89. The normalized spacial score (nSPS) is 24.7. The molecule has 10 heteroatoms. The van der Waals surface area contributed by atoms with Gasteiger partial charge in [0.15, 0.2) is 6.04 Å². The number of nitro groups is 1. The molecule has 2 heterocycles. The Hall–Kier alpha value is -2.10. The highest BCUT2D eigenvalue weighted by Crippen LogP contribution is 2.33. The Kier molecular flexibility index (Phi) is 5.71. The van der Waals surface area contributed by atoms with Crippen LogP contribution in [0.3, 0.4) is 0 Å². The Morgan fingerprint density at radius 2 is 2.08 bits per heavy atom. The molecule has 0 saturated carbocycles. The lowest BCUT2D eigenvalue weighted by Crippen LogP contribution is -2.74. The van der Waals surface area contributed by atoms with Crippen LogP contribution in [0.25, 0.3) is 0 Å². The van der Waals surface area contributed by atoms with Crippen molar-refractivity contribution in [1.82, 2.24) is 4.90 Å². The van der Waals surface area contributed by atoms with E-state index in [-0.39, 0.29) is 36.0 Å². The van der Waals surface area contributed by atoms with Crippen LogP contribution in [-0.2, 0) is 27.0 Å². The van der Waals surface area contributed by atoms with Crippen molar-refractivity contribution in [2.45, 2.75) is 18.0 Å². The number of hydrogen-bond acceptors (Lipinski definition) is 6. The molecule has 0 radical (unpaired) electrons. The van der Waals surface area contributed by atoms with E-state index in [1.54, 1.807) is 17.0 Å². The highest BCUT2D eigenvalue weighted by molar-refractivity contribution is 8.11. The number of halogens is 1. The molecule has 1 amide bonds. The van der Waals surface area contributed by atoms with E-state index in [9.17, 15) is 19.7 Å². The molecule has 3 rings (SSSR count). The Balaban J connectivity index is 0.00000225. The van der Waals surface area contributed by atoms with Crippen LogP contribution in [0.15, 0.2) is 36.4 Å². The Morgan fingerprint density at radius 1 is 1.44 bits per heavy atom. The summed E-state index contributed by atoms with van der Waals surface area (Å²) in [7, 11) is -0.832. The van der Waals surface area contributed by atoms with Gasteiger partial charge in [-0.15, -0.1) is 12.4 Å². The topological polar surface area (TPSA) is 116 Å². The number of nitro benzene ring substituents is 1. The molecule has 3 atom stereocenters. The van der Waals surface area contributed by atoms with Gasteiger partial charge in [0.05, 0.1) is 11.5 Å². The maximum Gasteiger partial charge on any atom is 0.528 e. The van der Waals surface area contributed by atoms with E-state index in [1.165, 1.54) is 12.1 Å². The van der Waals surface area contributed by atoms with Gasteiger partial charge in [0, 0.05) is 12.1 Å². The van der Waals surface area contributed by atoms with E-state index >= 15 is 0 Å². The minimum atomic E-state index is -0.832. The second kappa shape index (κ2) is 7.42. The average molecular weight is 387 g/mol. The number of rotatable bonds is 3. The molecular weight excluding hydrogens is 370 g/mol. The van der Waals surface area contributed by atoms with E-state index in [2.05, 4.69) is 6.58 Å². The molecule has 0 aliphatic carbocycles. The SMILES string of the molecule is C=C1CN2C(=O)C(N)[C@H]2[S+](C(=O)OCc2ccc([N+](=O)[O-])cc2)C1.Cl. The number of carbonyl (C=O) groups excluding carboxylic acids is 2. The molecule has 2 fully saturated rings. The van der Waals surface area contributed by atoms with Crippen LogP contribution in [0.1, 0.15) is 5.56 Å². The molecule has 0 spiro atoms. The van der Waals surface area contributed by atoms with E-state index < -0.39 is 27.2 Å². The molecule has 134 valence electrons. The van der Waals surface area contributed by atoms with Crippen LogP contribution >= 0.6 is 12.4 Å². The van der Waals surface area contributed by atoms with Gasteiger partial charge in [0.25, 0.3) is 11.6 Å². The highest BCUT2D eigenvalue weighted by atomic mass is 35.5. The molecule has 0 bridgehead atoms. The summed E-state index contributed by atoms with van der Waals surface area (Å²) in [4.78, 5) is 35.8. The van der Waals surface area contributed by atoms with Crippen molar-refractivity contribution >= 4 is 40.2 Å². The molecule has 25 heavy (non-hydrogen) atoms. The monoisotopic (exact) mass is 386 g/mol. The molecule has 2 unspecified atom stereocenters. The smallest absolute Gasteiger partial charge is 0.421 e. The van der Waals surface area contributed by atoms with E-state index in [0.717, 1.165) is 5.57 Å². The Morgan fingerprint density at radius 3 is 2.68 bits per heavy atom. The second-order valence-electron chi connectivity index (χ2n) is 5.67. The summed E-state index contributed by atoms with van der Waals surface area (Å²) in [6.07, 6.45) is 0. The lowest BCUT2D eigenvalue weighted by molar-refractivity contribution is -0.384. The van der Waals surface area contributed by atoms with Crippen molar-refractivity contribution in [2.75, 3.05) is 12.3 Å². The summed E-state index contributed by atoms with van der Waals surface area (Å²) in [6.45, 7) is 4.33. The third-order valence-electron chi connectivity index (χ3n) is 3.95. The number of benzene rings is 1. The van der Waals surface area contributed by atoms with Crippen molar-refractivity contribution in [3.8, 4) is 0 Å². The summed E-state index contributed by atoms with van der Waals surface area (Å²) >= 11 is 0. The first-order chi connectivity index (χ1) is 11.4. The summed E-state index contributed by atoms with van der Waals surface area (Å²) < 4.78 is 5.32. The van der Waals surface area contributed by atoms with Gasteiger partial charge < -0.3 is 10.5 Å². The number of hydrogen-bond donors (Lipinski definition) is 1. The maximum absolute atomic E-state index is 12.4. The minimum absolute atomic E-state index is 0. The Labute approximate surface area is 152 Å². The zero-order chi connectivity index (χ0) is 17.4. The molecule has 8 nitrogen and oxygen atoms in total. The number of fused-ring (bicyclic) bond motifs is 1. The molecule has 2 aliphatic rings. The van der Waals surface area contributed by atoms with E-state index in [1.807, 2.05) is 0 Å². The summed E-state index contributed by atoms with van der Waals surface area (Å²) in [6, 6.07) is 5.14. The fraction of sp³-hybridized carbons (Fsp3) is 0.333. The molecule has 2 saturated heterocycles. The third kappa shape index (κ3) is 3.63. The summed E-state index contributed by atoms with van der Waals surface area (Å²) in [5.41, 5.74) is 7.25. The van der Waals surface area contributed by atoms with Gasteiger partial charge in [-0.3, -0.25) is 19.8 Å². The van der Waals surface area contributed by atoms with Gasteiger partial charge in [-0.1, -0.05) is 6.58 Å². The molecule has 0 aromatic heterocycles. The first-order valence-electron chi connectivity index (χ1n) is 7.21. The molecule has 2 N–H and O–H groups in total. The van der Waals surface area contributed by atoms with Crippen molar-refractivity contribution < 1.29 is 19.2 Å². The summed E-state index contributed by atoms with van der Waals surface area (Å²) in [5.74, 6) is 0.308. The molecular formula is C15H17ClN3O5S+. The van der Waals surface area contributed by atoms with E-state index in [4.69, 9.17) is 10.5 Å². The number of ether oxygens (including phenoxy) is 1. The minimum Gasteiger partial charge on any atom is -0.421 e. The number of nitrogens with two attached hydrogens (primary N) is 1. The van der Waals surface area contributed by atoms with Crippen molar-refractivity contribution in [2.24, 2.45) is 5.73 Å². The molecule has 2 aliphatic heterocycles. The number of non-ortho nitro benzene ring substituents is 1. The first kappa shape index (κ1) is 19.2. The van der Waals surface area contributed by atoms with E-state index in [0.29, 0.717) is 17.9 Å². The second-order valence-corrected chi connectivity index (χ2v) is 7.63. The van der Waals surface area contributed by atoms with Crippen LogP contribution in [0.2, 0.25) is 0 Å². The maximum atomic E-state index is 12.4. The van der Waals surface area contributed by atoms with Crippen LogP contribution in [0.4, 0.5) is 10.5 Å². The van der Waals surface area contributed by atoms with Gasteiger partial charge in [0.1, 0.15) is 23.3 Å². The third-order valence-corrected chi connectivity index (χ3v) is 6.34. The predicted octanol–water partition coefficient (Wildman–Crippen LogP) is 1.34. The van der Waals surface area contributed by atoms with Crippen molar-refractivity contribution in [1.29, 1.82) is 0 Å². The fourth-order valence-electron chi connectivity index (χ4n) is 2.73. The fourth-order valence-corrected chi connectivity index (χ4v) is 4.91. The first-order valence-corrected chi connectivity index (χ1v) is 8.66. The zero-order valence-corrected chi connectivity index (χ0v) is 14.8.